The molecule has 1 amide bonds. The van der Waals surface area contributed by atoms with Gasteiger partial charge >= 0.3 is 0 Å². The van der Waals surface area contributed by atoms with Gasteiger partial charge in [-0.3, -0.25) is 4.79 Å². The maximum Gasteiger partial charge on any atom is 0.234 e. The maximum absolute atomic E-state index is 12.9. The molecule has 104 valence electrons. The van der Waals surface area contributed by atoms with E-state index < -0.39 is 5.41 Å². The van der Waals surface area contributed by atoms with Crippen LogP contribution in [0.15, 0.2) is 24.3 Å². The minimum absolute atomic E-state index is 0.0568. The molecule has 1 aromatic rings. The van der Waals surface area contributed by atoms with Crippen molar-refractivity contribution in [3.8, 4) is 0 Å². The van der Waals surface area contributed by atoms with Crippen molar-refractivity contribution in [2.24, 2.45) is 11.1 Å². The number of carbonyl (C=O) groups is 1. The zero-order valence-electron chi connectivity index (χ0n) is 11.4. The van der Waals surface area contributed by atoms with Crippen molar-refractivity contribution in [1.82, 2.24) is 0 Å². The number of amides is 1. The van der Waals surface area contributed by atoms with Crippen molar-refractivity contribution < 1.29 is 9.18 Å². The van der Waals surface area contributed by atoms with Gasteiger partial charge in [-0.2, -0.15) is 0 Å². The number of hydrogen-bond donors (Lipinski definition) is 1. The van der Waals surface area contributed by atoms with E-state index >= 15 is 0 Å². The van der Waals surface area contributed by atoms with Gasteiger partial charge in [0.05, 0.1) is 5.41 Å². The summed E-state index contributed by atoms with van der Waals surface area (Å²) < 4.78 is 12.9. The van der Waals surface area contributed by atoms with Crippen LogP contribution < -0.4 is 10.6 Å². The third-order valence-corrected chi connectivity index (χ3v) is 4.17. The van der Waals surface area contributed by atoms with Crippen LogP contribution in [0, 0.1) is 11.2 Å². The van der Waals surface area contributed by atoms with Crippen LogP contribution in [-0.2, 0) is 4.79 Å². The Balaban J connectivity index is 2.19. The van der Waals surface area contributed by atoms with Gasteiger partial charge in [-0.1, -0.05) is 19.3 Å². The first-order valence-corrected chi connectivity index (χ1v) is 6.83. The Morgan fingerprint density at radius 1 is 1.26 bits per heavy atom. The number of halogens is 1. The van der Waals surface area contributed by atoms with E-state index in [0.717, 1.165) is 25.7 Å². The SMILES string of the molecule is CN(C(=O)C1(CN)CCCCC1)c1ccc(F)cc1. The third kappa shape index (κ3) is 2.78. The smallest absolute Gasteiger partial charge is 0.234 e. The lowest BCUT2D eigenvalue weighted by molar-refractivity contribution is -0.129. The summed E-state index contributed by atoms with van der Waals surface area (Å²) in [6.07, 6.45) is 5.00. The monoisotopic (exact) mass is 264 g/mol. The molecule has 1 aliphatic rings. The average molecular weight is 264 g/mol. The number of anilines is 1. The van der Waals surface area contributed by atoms with E-state index in [1.165, 1.54) is 18.6 Å². The van der Waals surface area contributed by atoms with Crippen molar-refractivity contribution in [1.29, 1.82) is 0 Å². The van der Waals surface area contributed by atoms with Gasteiger partial charge in [0, 0.05) is 19.3 Å². The van der Waals surface area contributed by atoms with E-state index in [-0.39, 0.29) is 11.7 Å². The number of carbonyl (C=O) groups excluding carboxylic acids is 1. The number of rotatable bonds is 3. The van der Waals surface area contributed by atoms with Crippen LogP contribution in [0.25, 0.3) is 0 Å². The summed E-state index contributed by atoms with van der Waals surface area (Å²) in [7, 11) is 1.74. The van der Waals surface area contributed by atoms with Gasteiger partial charge in [0.2, 0.25) is 5.91 Å². The highest BCUT2D eigenvalue weighted by Crippen LogP contribution is 2.37. The van der Waals surface area contributed by atoms with E-state index in [1.807, 2.05) is 0 Å². The van der Waals surface area contributed by atoms with Crippen molar-refractivity contribution >= 4 is 11.6 Å². The lowest BCUT2D eigenvalue weighted by Crippen LogP contribution is -2.48. The summed E-state index contributed by atoms with van der Waals surface area (Å²) in [5, 5.41) is 0. The van der Waals surface area contributed by atoms with Crippen LogP contribution in [0.1, 0.15) is 32.1 Å². The van der Waals surface area contributed by atoms with Crippen LogP contribution in [0.5, 0.6) is 0 Å². The molecular weight excluding hydrogens is 243 g/mol. The highest BCUT2D eigenvalue weighted by atomic mass is 19.1. The Hall–Kier alpha value is -1.42. The van der Waals surface area contributed by atoms with Gasteiger partial charge in [-0.05, 0) is 37.1 Å². The topological polar surface area (TPSA) is 46.3 Å². The molecule has 19 heavy (non-hydrogen) atoms. The Kier molecular flexibility index (Phi) is 4.20. The summed E-state index contributed by atoms with van der Waals surface area (Å²) >= 11 is 0. The number of nitrogens with two attached hydrogens (primary N) is 1. The molecule has 1 aliphatic carbocycles. The zero-order chi connectivity index (χ0) is 13.9. The molecule has 2 rings (SSSR count). The van der Waals surface area contributed by atoms with E-state index in [9.17, 15) is 9.18 Å². The van der Waals surface area contributed by atoms with Crippen molar-refractivity contribution in [2.75, 3.05) is 18.5 Å². The zero-order valence-corrected chi connectivity index (χ0v) is 11.4. The Labute approximate surface area is 113 Å². The van der Waals surface area contributed by atoms with Gasteiger partial charge in [-0.15, -0.1) is 0 Å². The number of hydrogen-bond acceptors (Lipinski definition) is 2. The molecule has 1 saturated carbocycles. The van der Waals surface area contributed by atoms with Crippen LogP contribution in [0.3, 0.4) is 0 Å². The fourth-order valence-corrected chi connectivity index (χ4v) is 2.87. The third-order valence-electron chi connectivity index (χ3n) is 4.17. The van der Waals surface area contributed by atoms with Crippen LogP contribution in [-0.4, -0.2) is 19.5 Å². The summed E-state index contributed by atoms with van der Waals surface area (Å²) in [6.45, 7) is 0.386. The van der Waals surface area contributed by atoms with E-state index in [4.69, 9.17) is 5.73 Å². The molecule has 0 saturated heterocycles. The van der Waals surface area contributed by atoms with Gasteiger partial charge in [0.25, 0.3) is 0 Å². The highest BCUT2D eigenvalue weighted by Gasteiger charge is 2.40. The van der Waals surface area contributed by atoms with Crippen molar-refractivity contribution in [3.05, 3.63) is 30.1 Å². The molecule has 0 radical (unpaired) electrons. The highest BCUT2D eigenvalue weighted by molar-refractivity contribution is 5.97. The van der Waals surface area contributed by atoms with Crippen LogP contribution in [0.2, 0.25) is 0 Å². The van der Waals surface area contributed by atoms with E-state index in [1.54, 1.807) is 24.1 Å². The maximum atomic E-state index is 12.9. The molecule has 4 heteroatoms. The quantitative estimate of drug-likeness (QED) is 0.912. The molecule has 3 nitrogen and oxygen atoms in total. The molecule has 2 N–H and O–H groups in total. The predicted molar refractivity (Wildman–Crippen MR) is 74.4 cm³/mol. The molecule has 0 aliphatic heterocycles. The molecule has 0 spiro atoms. The first-order chi connectivity index (χ1) is 9.09. The molecule has 1 aromatic carbocycles. The first-order valence-electron chi connectivity index (χ1n) is 6.83. The fourth-order valence-electron chi connectivity index (χ4n) is 2.87. The minimum Gasteiger partial charge on any atom is -0.329 e. The lowest BCUT2D eigenvalue weighted by atomic mass is 9.73. The van der Waals surface area contributed by atoms with Crippen molar-refractivity contribution in [2.45, 2.75) is 32.1 Å². The van der Waals surface area contributed by atoms with Gasteiger partial charge < -0.3 is 10.6 Å². The lowest BCUT2D eigenvalue weighted by Gasteiger charge is -2.37. The molecule has 0 atom stereocenters. The fraction of sp³-hybridized carbons (Fsp3) is 0.533. The molecule has 0 bridgehead atoms. The molecular formula is C15H21FN2O. The van der Waals surface area contributed by atoms with Crippen LogP contribution in [0.4, 0.5) is 10.1 Å². The molecule has 1 fully saturated rings. The standard InChI is InChI=1S/C15H21FN2O/c1-18(13-7-5-12(16)6-8-13)14(19)15(11-17)9-3-2-4-10-15/h5-8H,2-4,9-11,17H2,1H3. The number of benzene rings is 1. The molecule has 0 heterocycles. The average Bonchev–Trinajstić information content (AvgIpc) is 2.47. The summed E-state index contributed by atoms with van der Waals surface area (Å²) in [6, 6.07) is 5.99. The van der Waals surface area contributed by atoms with E-state index in [0.29, 0.717) is 12.2 Å². The normalized spacial score (nSPS) is 18.1. The van der Waals surface area contributed by atoms with Crippen LogP contribution >= 0.6 is 0 Å². The molecule has 0 aromatic heterocycles. The summed E-state index contributed by atoms with van der Waals surface area (Å²) in [4.78, 5) is 14.3. The second-order valence-corrected chi connectivity index (χ2v) is 5.39. The minimum atomic E-state index is -0.429. The Morgan fingerprint density at radius 2 is 1.84 bits per heavy atom. The van der Waals surface area contributed by atoms with Gasteiger partial charge in [-0.25, -0.2) is 4.39 Å². The van der Waals surface area contributed by atoms with Gasteiger partial charge in [0.1, 0.15) is 5.82 Å². The second-order valence-electron chi connectivity index (χ2n) is 5.39. The Morgan fingerprint density at radius 3 is 2.37 bits per heavy atom. The second kappa shape index (κ2) is 5.70. The van der Waals surface area contributed by atoms with Crippen molar-refractivity contribution in [3.63, 3.8) is 0 Å². The number of nitrogens with zero attached hydrogens (tertiary/aromatic N) is 1. The van der Waals surface area contributed by atoms with Gasteiger partial charge in [0.15, 0.2) is 0 Å². The summed E-state index contributed by atoms with van der Waals surface area (Å²) in [5.74, 6) is -0.239. The van der Waals surface area contributed by atoms with E-state index in [2.05, 4.69) is 0 Å². The molecule has 0 unspecified atom stereocenters. The predicted octanol–water partition coefficient (Wildman–Crippen LogP) is 2.70. The first kappa shape index (κ1) is 14.0. The summed E-state index contributed by atoms with van der Waals surface area (Å²) in [5.41, 5.74) is 6.16. The largest absolute Gasteiger partial charge is 0.329 e. The Bertz CT molecular complexity index is 438.